The first kappa shape index (κ1) is 10.8. The minimum absolute atomic E-state index is 0.201. The van der Waals surface area contributed by atoms with Crippen molar-refractivity contribution in [3.63, 3.8) is 0 Å². The third kappa shape index (κ3) is 1.82. The smallest absolute Gasteiger partial charge is 0.352 e. The number of aryl methyl sites for hydroxylation is 1. The van der Waals surface area contributed by atoms with Gasteiger partial charge in [0.25, 0.3) is 0 Å². The van der Waals surface area contributed by atoms with Gasteiger partial charge in [0, 0.05) is 6.20 Å². The molecule has 2 rings (SSSR count). The molecule has 82 valence electrons. The van der Waals surface area contributed by atoms with Crippen molar-refractivity contribution in [3.8, 4) is 5.69 Å². The lowest BCUT2D eigenvalue weighted by atomic mass is 10.2. The maximum atomic E-state index is 11.0. The topological polar surface area (TPSA) is 42.2 Å². The maximum Gasteiger partial charge on any atom is 0.352 e. The third-order valence-electron chi connectivity index (χ3n) is 2.33. The minimum atomic E-state index is -0.970. The van der Waals surface area contributed by atoms with E-state index in [0.717, 1.165) is 5.56 Å². The molecule has 1 heterocycles. The summed E-state index contributed by atoms with van der Waals surface area (Å²) < 4.78 is 1.57. The van der Waals surface area contributed by atoms with Crippen LogP contribution in [0.5, 0.6) is 0 Å². The van der Waals surface area contributed by atoms with Gasteiger partial charge in [0.15, 0.2) is 0 Å². The summed E-state index contributed by atoms with van der Waals surface area (Å²) in [6.07, 6.45) is 1.68. The number of aromatic carboxylic acids is 1. The largest absolute Gasteiger partial charge is 0.477 e. The van der Waals surface area contributed by atoms with Gasteiger partial charge in [-0.15, -0.1) is 0 Å². The highest BCUT2D eigenvalue weighted by Crippen LogP contribution is 2.23. The van der Waals surface area contributed by atoms with Gasteiger partial charge in [-0.1, -0.05) is 17.7 Å². The van der Waals surface area contributed by atoms with Gasteiger partial charge < -0.3 is 9.67 Å². The summed E-state index contributed by atoms with van der Waals surface area (Å²) in [7, 11) is 0. The molecule has 0 unspecified atom stereocenters. The van der Waals surface area contributed by atoms with Crippen molar-refractivity contribution in [2.45, 2.75) is 6.92 Å². The van der Waals surface area contributed by atoms with Crippen molar-refractivity contribution in [1.29, 1.82) is 0 Å². The summed E-state index contributed by atoms with van der Waals surface area (Å²) in [5.74, 6) is -0.970. The lowest BCUT2D eigenvalue weighted by Crippen LogP contribution is -2.06. The van der Waals surface area contributed by atoms with E-state index in [9.17, 15) is 4.79 Å². The standard InChI is InChI=1S/C12H10ClNO2/c1-8-4-5-9(13)11(7-8)14-6-2-3-10(14)12(15)16/h2-7H,1H3,(H,15,16). The summed E-state index contributed by atoms with van der Waals surface area (Å²) in [6, 6.07) is 8.73. The molecule has 4 heteroatoms. The molecule has 0 saturated carbocycles. The fraction of sp³-hybridized carbons (Fsp3) is 0.0833. The number of aromatic nitrogens is 1. The minimum Gasteiger partial charge on any atom is -0.477 e. The first-order valence-electron chi connectivity index (χ1n) is 4.77. The van der Waals surface area contributed by atoms with Gasteiger partial charge >= 0.3 is 5.97 Å². The molecule has 16 heavy (non-hydrogen) atoms. The van der Waals surface area contributed by atoms with E-state index >= 15 is 0 Å². The SMILES string of the molecule is Cc1ccc(Cl)c(-n2cccc2C(=O)O)c1. The molecule has 0 aliphatic rings. The highest BCUT2D eigenvalue weighted by molar-refractivity contribution is 6.32. The fourth-order valence-corrected chi connectivity index (χ4v) is 1.78. The van der Waals surface area contributed by atoms with Gasteiger partial charge in [-0.2, -0.15) is 0 Å². The number of hydrogen-bond acceptors (Lipinski definition) is 1. The molecule has 0 bridgehead atoms. The Morgan fingerprint density at radius 3 is 2.81 bits per heavy atom. The second kappa shape index (κ2) is 4.02. The second-order valence-corrected chi connectivity index (χ2v) is 3.93. The molecule has 1 aromatic heterocycles. The van der Waals surface area contributed by atoms with Crippen LogP contribution < -0.4 is 0 Å². The fourth-order valence-electron chi connectivity index (χ4n) is 1.57. The first-order chi connectivity index (χ1) is 7.59. The third-order valence-corrected chi connectivity index (χ3v) is 2.65. The van der Waals surface area contributed by atoms with Crippen LogP contribution in [0, 0.1) is 6.92 Å². The first-order valence-corrected chi connectivity index (χ1v) is 5.14. The van der Waals surface area contributed by atoms with Crippen LogP contribution >= 0.6 is 11.6 Å². The number of rotatable bonds is 2. The number of hydrogen-bond donors (Lipinski definition) is 1. The molecule has 1 N–H and O–H groups in total. The average molecular weight is 236 g/mol. The molecule has 0 amide bonds. The Morgan fingerprint density at radius 1 is 1.38 bits per heavy atom. The van der Waals surface area contributed by atoms with E-state index < -0.39 is 5.97 Å². The van der Waals surface area contributed by atoms with E-state index in [0.29, 0.717) is 10.7 Å². The van der Waals surface area contributed by atoms with Crippen LogP contribution in [0.15, 0.2) is 36.5 Å². The summed E-state index contributed by atoms with van der Waals surface area (Å²) in [5.41, 5.74) is 1.92. The van der Waals surface area contributed by atoms with Crippen LogP contribution in [0.25, 0.3) is 5.69 Å². The Kier molecular flexibility index (Phi) is 2.71. The summed E-state index contributed by atoms with van der Waals surface area (Å²) >= 11 is 6.05. The maximum absolute atomic E-state index is 11.0. The van der Waals surface area contributed by atoms with Gasteiger partial charge in [-0.25, -0.2) is 4.79 Å². The number of halogens is 1. The molecular weight excluding hydrogens is 226 g/mol. The molecule has 0 atom stereocenters. The number of carboxylic acids is 1. The van der Waals surface area contributed by atoms with Gasteiger partial charge in [-0.05, 0) is 36.8 Å². The zero-order valence-corrected chi connectivity index (χ0v) is 9.40. The predicted octanol–water partition coefficient (Wildman–Crippen LogP) is 3.14. The molecule has 3 nitrogen and oxygen atoms in total. The second-order valence-electron chi connectivity index (χ2n) is 3.52. The normalized spacial score (nSPS) is 10.4. The number of nitrogens with zero attached hydrogens (tertiary/aromatic N) is 1. The summed E-state index contributed by atoms with van der Waals surface area (Å²) in [5, 5.41) is 9.54. The van der Waals surface area contributed by atoms with Gasteiger partial charge in [0.1, 0.15) is 5.69 Å². The van der Waals surface area contributed by atoms with Crippen LogP contribution in [0.3, 0.4) is 0 Å². The summed E-state index contributed by atoms with van der Waals surface area (Å²) in [4.78, 5) is 11.0. The van der Waals surface area contributed by atoms with Crippen LogP contribution in [0.1, 0.15) is 16.1 Å². The average Bonchev–Trinajstić information content (AvgIpc) is 2.70. The van der Waals surface area contributed by atoms with Gasteiger partial charge in [0.2, 0.25) is 0 Å². The van der Waals surface area contributed by atoms with Crippen molar-refractivity contribution in [2.24, 2.45) is 0 Å². The molecule has 2 aromatic rings. The number of benzene rings is 1. The molecule has 0 spiro atoms. The van der Waals surface area contributed by atoms with Crippen molar-refractivity contribution in [3.05, 3.63) is 52.8 Å². The summed E-state index contributed by atoms with van der Waals surface area (Å²) in [6.45, 7) is 1.93. The highest BCUT2D eigenvalue weighted by Gasteiger charge is 2.12. The van der Waals surface area contributed by atoms with Crippen LogP contribution in [-0.4, -0.2) is 15.6 Å². The quantitative estimate of drug-likeness (QED) is 0.869. The van der Waals surface area contributed by atoms with Crippen molar-refractivity contribution in [2.75, 3.05) is 0 Å². The highest BCUT2D eigenvalue weighted by atomic mass is 35.5. The van der Waals surface area contributed by atoms with Gasteiger partial charge in [-0.3, -0.25) is 0 Å². The molecule has 1 aromatic carbocycles. The van der Waals surface area contributed by atoms with Crippen molar-refractivity contribution in [1.82, 2.24) is 4.57 Å². The Morgan fingerprint density at radius 2 is 2.12 bits per heavy atom. The van der Waals surface area contributed by atoms with E-state index in [4.69, 9.17) is 16.7 Å². The van der Waals surface area contributed by atoms with Crippen LogP contribution in [0.2, 0.25) is 5.02 Å². The zero-order valence-electron chi connectivity index (χ0n) is 8.64. The zero-order chi connectivity index (χ0) is 11.7. The monoisotopic (exact) mass is 235 g/mol. The molecule has 0 aliphatic heterocycles. The van der Waals surface area contributed by atoms with Crippen LogP contribution in [0.4, 0.5) is 0 Å². The Labute approximate surface area is 97.9 Å². The lowest BCUT2D eigenvalue weighted by molar-refractivity contribution is 0.0688. The molecule has 0 saturated heterocycles. The van der Waals surface area contributed by atoms with E-state index in [1.165, 1.54) is 0 Å². The Bertz CT molecular complexity index is 546. The van der Waals surface area contributed by atoms with Crippen LogP contribution in [-0.2, 0) is 0 Å². The van der Waals surface area contributed by atoms with Gasteiger partial charge in [0.05, 0.1) is 10.7 Å². The molecule has 0 fully saturated rings. The Hall–Kier alpha value is -1.74. The van der Waals surface area contributed by atoms with E-state index in [1.54, 1.807) is 29.0 Å². The van der Waals surface area contributed by atoms with E-state index in [2.05, 4.69) is 0 Å². The van der Waals surface area contributed by atoms with E-state index in [-0.39, 0.29) is 5.69 Å². The molecule has 0 radical (unpaired) electrons. The molecule has 0 aliphatic carbocycles. The Balaban J connectivity index is 2.62. The lowest BCUT2D eigenvalue weighted by Gasteiger charge is -2.09. The number of carboxylic acid groups (broad SMARTS) is 1. The van der Waals surface area contributed by atoms with Crippen molar-refractivity contribution >= 4 is 17.6 Å². The number of carbonyl (C=O) groups is 1. The molecular formula is C12H10ClNO2. The predicted molar refractivity (Wildman–Crippen MR) is 62.5 cm³/mol. The van der Waals surface area contributed by atoms with Crippen molar-refractivity contribution < 1.29 is 9.90 Å². The van der Waals surface area contributed by atoms with E-state index in [1.807, 2.05) is 19.1 Å².